The Morgan fingerprint density at radius 2 is 1.16 bits per heavy atom. The molecule has 15 heteroatoms. The molecule has 0 rings (SSSR count). The number of esters is 1. The summed E-state index contributed by atoms with van der Waals surface area (Å²) >= 11 is 0. The summed E-state index contributed by atoms with van der Waals surface area (Å²) < 4.78 is 134. The van der Waals surface area contributed by atoms with Crippen molar-refractivity contribution in [3.8, 4) is 0 Å². The van der Waals surface area contributed by atoms with Crippen molar-refractivity contribution in [2.45, 2.75) is 95.3 Å². The van der Waals surface area contributed by atoms with E-state index in [1.807, 2.05) is 0 Å². The average molecular weight is 564 g/mol. The van der Waals surface area contributed by atoms with E-state index in [1.54, 1.807) is 0 Å². The molecule has 37 heavy (non-hydrogen) atoms. The van der Waals surface area contributed by atoms with Gasteiger partial charge in [0.1, 0.15) is 0 Å². The van der Waals surface area contributed by atoms with Gasteiger partial charge >= 0.3 is 24.5 Å². The molecule has 0 saturated carbocycles. The molecular formula is C22H33F9O6. The van der Waals surface area contributed by atoms with Crippen LogP contribution in [0.5, 0.6) is 0 Å². The second-order valence-corrected chi connectivity index (χ2v) is 9.47. The molecule has 0 aromatic heterocycles. The lowest BCUT2D eigenvalue weighted by atomic mass is 9.74. The van der Waals surface area contributed by atoms with Crippen molar-refractivity contribution in [3.63, 3.8) is 0 Å². The molecule has 220 valence electrons. The Morgan fingerprint density at radius 1 is 0.784 bits per heavy atom. The number of carbonyl (C=O) groups is 1. The van der Waals surface area contributed by atoms with Gasteiger partial charge in [0.05, 0.1) is 36.9 Å². The van der Waals surface area contributed by atoms with Crippen LogP contribution in [0.25, 0.3) is 0 Å². The Morgan fingerprint density at radius 3 is 1.46 bits per heavy atom. The highest BCUT2D eigenvalue weighted by molar-refractivity contribution is 5.86. The molecule has 2 N–H and O–H groups in total. The van der Waals surface area contributed by atoms with Crippen molar-refractivity contribution < 1.29 is 68.7 Å². The maximum Gasteiger partial charge on any atom is 0.428 e. The molecule has 0 saturated heterocycles. The minimum atomic E-state index is -6.20. The molecule has 0 aliphatic heterocycles. The van der Waals surface area contributed by atoms with E-state index >= 15 is 0 Å². The molecular weight excluding hydrogens is 531 g/mol. The van der Waals surface area contributed by atoms with Crippen LogP contribution < -0.4 is 0 Å². The van der Waals surface area contributed by atoms with Gasteiger partial charge in [-0.3, -0.25) is 0 Å². The molecule has 6 nitrogen and oxygen atoms in total. The Kier molecular flexibility index (Phi) is 11.2. The Balaban J connectivity index is 6.51. The van der Waals surface area contributed by atoms with Gasteiger partial charge in [-0.2, -0.15) is 39.5 Å². The number of hydrogen-bond acceptors (Lipinski definition) is 6. The van der Waals surface area contributed by atoms with Crippen LogP contribution in [0.1, 0.15) is 54.4 Å². The van der Waals surface area contributed by atoms with Gasteiger partial charge < -0.3 is 24.4 Å². The van der Waals surface area contributed by atoms with Crippen LogP contribution in [0.3, 0.4) is 0 Å². The summed E-state index contributed by atoms with van der Waals surface area (Å²) in [5, 5.41) is 19.3. The smallest absolute Gasteiger partial charge is 0.428 e. The number of aliphatic hydroxyl groups is 2. The zero-order valence-electron chi connectivity index (χ0n) is 21.2. The first-order valence-corrected chi connectivity index (χ1v) is 11.0. The highest BCUT2D eigenvalue weighted by atomic mass is 19.4. The molecule has 0 fully saturated rings. The van der Waals surface area contributed by atoms with Gasteiger partial charge in [-0.05, 0) is 40.5 Å². The predicted molar refractivity (Wildman–Crippen MR) is 112 cm³/mol. The number of rotatable bonds is 13. The fourth-order valence-corrected chi connectivity index (χ4v) is 3.16. The summed E-state index contributed by atoms with van der Waals surface area (Å²) in [7, 11) is 0. The largest absolute Gasteiger partial charge is 0.462 e. The van der Waals surface area contributed by atoms with Gasteiger partial charge in [-0.25, -0.2) is 4.79 Å². The van der Waals surface area contributed by atoms with Crippen LogP contribution in [0.4, 0.5) is 39.5 Å². The molecule has 0 aliphatic carbocycles. The van der Waals surface area contributed by atoms with E-state index in [9.17, 15) is 54.5 Å². The lowest BCUT2D eigenvalue weighted by Crippen LogP contribution is -2.62. The third kappa shape index (κ3) is 8.20. The lowest BCUT2D eigenvalue weighted by molar-refractivity contribution is -0.385. The van der Waals surface area contributed by atoms with Crippen molar-refractivity contribution in [1.29, 1.82) is 0 Å². The summed E-state index contributed by atoms with van der Waals surface area (Å²) in [5.74, 6) is -2.50. The fraction of sp³-hybridized carbons (Fsp3) is 0.864. The quantitative estimate of drug-likeness (QED) is 0.180. The molecule has 0 amide bonds. The molecule has 4 atom stereocenters. The predicted octanol–water partition coefficient (Wildman–Crippen LogP) is 5.26. The fourth-order valence-electron chi connectivity index (χ4n) is 3.16. The van der Waals surface area contributed by atoms with Gasteiger partial charge in [-0.15, -0.1) is 0 Å². The standard InChI is InChI=1S/C22H33F9O6/c1-8-16(5,36-11-18(7,33)20(23,24)25)14(10-35-15(32)13(3)4)17(6,9-2)37-12-19(34,21(26,27)28)22(29,30)31/h14,33-34H,3,8-12H2,1-2,4-7H3. The number of halogens is 9. The van der Waals surface area contributed by atoms with Crippen molar-refractivity contribution in [2.75, 3.05) is 19.8 Å². The van der Waals surface area contributed by atoms with Crippen molar-refractivity contribution in [3.05, 3.63) is 12.2 Å². The first-order chi connectivity index (χ1) is 16.2. The topological polar surface area (TPSA) is 85.2 Å². The number of carbonyl (C=O) groups excluding carboxylic acids is 1. The summed E-state index contributed by atoms with van der Waals surface area (Å²) in [6, 6.07) is 0. The lowest BCUT2D eigenvalue weighted by Gasteiger charge is -2.48. The summed E-state index contributed by atoms with van der Waals surface area (Å²) in [5.41, 5.74) is -12.7. The van der Waals surface area contributed by atoms with E-state index in [-0.39, 0.29) is 18.4 Å². The van der Waals surface area contributed by atoms with E-state index in [0.29, 0.717) is 6.92 Å². The summed E-state index contributed by atoms with van der Waals surface area (Å²) in [6.07, 6.45) is -18.1. The molecule has 0 aliphatic rings. The first-order valence-electron chi connectivity index (χ1n) is 11.0. The number of ether oxygens (including phenoxy) is 3. The maximum absolute atomic E-state index is 13.2. The molecule has 0 aromatic carbocycles. The van der Waals surface area contributed by atoms with Crippen molar-refractivity contribution in [2.24, 2.45) is 5.92 Å². The number of hydrogen-bond donors (Lipinski definition) is 2. The van der Waals surface area contributed by atoms with E-state index in [0.717, 1.165) is 6.92 Å². The molecule has 0 heterocycles. The second kappa shape index (κ2) is 11.7. The first kappa shape index (κ1) is 35.4. The monoisotopic (exact) mass is 564 g/mol. The zero-order valence-corrected chi connectivity index (χ0v) is 21.2. The average Bonchev–Trinajstić information content (AvgIpc) is 2.73. The van der Waals surface area contributed by atoms with Crippen molar-refractivity contribution in [1.82, 2.24) is 0 Å². The van der Waals surface area contributed by atoms with Crippen LogP contribution in [0.15, 0.2) is 12.2 Å². The molecule has 0 spiro atoms. The van der Waals surface area contributed by atoms with Crippen LogP contribution in [-0.4, -0.2) is 76.9 Å². The van der Waals surface area contributed by atoms with Gasteiger partial charge in [-0.1, -0.05) is 20.4 Å². The highest BCUT2D eigenvalue weighted by Crippen LogP contribution is 2.46. The van der Waals surface area contributed by atoms with Gasteiger partial charge in [0.25, 0.3) is 5.60 Å². The third-order valence-corrected chi connectivity index (χ3v) is 6.45. The Hall–Kier alpha value is -1.58. The SMILES string of the molecule is C=C(C)C(=O)OCC(C(C)(CC)OCC(C)(O)C(F)(F)F)C(C)(CC)OCC(O)(C(F)(F)F)C(F)(F)F. The highest BCUT2D eigenvalue weighted by Gasteiger charge is 2.71. The Labute approximate surface area is 208 Å². The van der Waals surface area contributed by atoms with Gasteiger partial charge in [0.15, 0.2) is 5.60 Å². The minimum Gasteiger partial charge on any atom is -0.462 e. The molecule has 4 unspecified atom stereocenters. The van der Waals surface area contributed by atoms with Gasteiger partial charge in [0, 0.05) is 5.57 Å². The summed E-state index contributed by atoms with van der Waals surface area (Å²) in [4.78, 5) is 12.0. The maximum atomic E-state index is 13.2. The van der Waals surface area contributed by atoms with E-state index in [4.69, 9.17) is 14.2 Å². The van der Waals surface area contributed by atoms with Crippen molar-refractivity contribution >= 4 is 5.97 Å². The summed E-state index contributed by atoms with van der Waals surface area (Å²) in [6.45, 7) is 5.39. The van der Waals surface area contributed by atoms with E-state index in [1.165, 1.54) is 27.7 Å². The van der Waals surface area contributed by atoms with Crippen LogP contribution in [0, 0.1) is 5.92 Å². The van der Waals surface area contributed by atoms with Gasteiger partial charge in [0.2, 0.25) is 0 Å². The third-order valence-electron chi connectivity index (χ3n) is 6.45. The Bertz CT molecular complexity index is 777. The molecule has 0 radical (unpaired) electrons. The molecule has 0 bridgehead atoms. The minimum absolute atomic E-state index is 0.125. The zero-order chi connectivity index (χ0) is 29.9. The number of alkyl halides is 9. The second-order valence-electron chi connectivity index (χ2n) is 9.47. The van der Waals surface area contributed by atoms with E-state index < -0.39 is 72.6 Å². The molecule has 0 aromatic rings. The van der Waals surface area contributed by atoms with Crippen LogP contribution >= 0.6 is 0 Å². The van der Waals surface area contributed by atoms with E-state index in [2.05, 4.69) is 6.58 Å². The van der Waals surface area contributed by atoms with Crippen LogP contribution in [-0.2, 0) is 19.0 Å². The normalized spacial score (nSPS) is 19.4. The van der Waals surface area contributed by atoms with Crippen LogP contribution in [0.2, 0.25) is 0 Å².